The molecule has 38 heavy (non-hydrogen) atoms. The highest BCUT2D eigenvalue weighted by Gasteiger charge is 2.11. The number of nitro benzene ring substituents is 2. The van der Waals surface area contributed by atoms with E-state index in [1.807, 2.05) is 12.1 Å². The fourth-order valence-electron chi connectivity index (χ4n) is 3.32. The van der Waals surface area contributed by atoms with Crippen molar-refractivity contribution in [2.75, 3.05) is 0 Å². The van der Waals surface area contributed by atoms with Crippen LogP contribution in [-0.2, 0) is 0 Å². The van der Waals surface area contributed by atoms with Crippen molar-refractivity contribution >= 4 is 35.1 Å². The van der Waals surface area contributed by atoms with Crippen molar-refractivity contribution in [2.24, 2.45) is 0 Å². The van der Waals surface area contributed by atoms with Gasteiger partial charge in [-0.2, -0.15) is 0 Å². The first kappa shape index (κ1) is 27.1. The summed E-state index contributed by atoms with van der Waals surface area (Å²) >= 11 is 0. The quantitative estimate of drug-likeness (QED) is 0.110. The molecule has 188 valence electrons. The molecular weight excluding hydrogens is 484 g/mol. The number of rotatable bonds is 8. The van der Waals surface area contributed by atoms with Gasteiger partial charge in [0.2, 0.25) is 0 Å². The van der Waals surface area contributed by atoms with Crippen LogP contribution in [0.1, 0.15) is 31.8 Å². The molecule has 0 atom stereocenters. The summed E-state index contributed by atoms with van der Waals surface area (Å²) in [6.45, 7) is 0. The van der Waals surface area contributed by atoms with Crippen molar-refractivity contribution in [1.82, 2.24) is 0 Å². The Morgan fingerprint density at radius 3 is 1.16 bits per heavy atom. The molecule has 0 saturated carbocycles. The summed E-state index contributed by atoms with van der Waals surface area (Å²) in [5.74, 6) is -0.363. The van der Waals surface area contributed by atoms with E-state index in [0.717, 1.165) is 0 Å². The van der Waals surface area contributed by atoms with Gasteiger partial charge in [0.15, 0.2) is 11.6 Å². The first-order valence-corrected chi connectivity index (χ1v) is 11.4. The zero-order valence-electron chi connectivity index (χ0n) is 20.0. The molecule has 8 nitrogen and oxygen atoms in total. The number of carbonyl (C=O) groups is 2. The average Bonchev–Trinajstić information content (AvgIpc) is 2.96. The van der Waals surface area contributed by atoms with E-state index in [2.05, 4.69) is 0 Å². The monoisotopic (exact) mass is 506 g/mol. The largest absolute Gasteiger partial charge is 0.289 e. The van der Waals surface area contributed by atoms with Crippen molar-refractivity contribution in [3.8, 4) is 0 Å². The lowest BCUT2D eigenvalue weighted by Gasteiger charge is -1.97. The molecule has 0 spiro atoms. The fourth-order valence-corrected chi connectivity index (χ4v) is 3.32. The van der Waals surface area contributed by atoms with Gasteiger partial charge in [0, 0.05) is 23.3 Å². The van der Waals surface area contributed by atoms with Crippen LogP contribution in [0.15, 0.2) is 121 Å². The van der Waals surface area contributed by atoms with E-state index in [-0.39, 0.29) is 22.9 Å². The Hall–Kier alpha value is -5.50. The van der Waals surface area contributed by atoms with Crippen LogP contribution < -0.4 is 0 Å². The number of para-hydroxylation sites is 2. The first-order valence-electron chi connectivity index (χ1n) is 11.4. The van der Waals surface area contributed by atoms with Crippen LogP contribution >= 0.6 is 0 Å². The van der Waals surface area contributed by atoms with Gasteiger partial charge >= 0.3 is 0 Å². The molecule has 0 N–H and O–H groups in total. The first-order chi connectivity index (χ1) is 18.4. The van der Waals surface area contributed by atoms with Gasteiger partial charge in [-0.25, -0.2) is 0 Å². The highest BCUT2D eigenvalue weighted by atomic mass is 16.6. The minimum atomic E-state index is -0.466. The summed E-state index contributed by atoms with van der Waals surface area (Å²) in [6, 6.07) is 30.1. The van der Waals surface area contributed by atoms with Crippen LogP contribution in [0, 0.1) is 20.2 Å². The summed E-state index contributed by atoms with van der Waals surface area (Å²) in [4.78, 5) is 44.4. The molecule has 0 saturated heterocycles. The standard InChI is InChI=1S/2C15H11NO3/c2*17-15(13-7-2-1-3-8-13)11-10-12-6-4-5-9-14(12)16(18)19/h2*1-11H. The number of ketones is 2. The molecule has 0 aliphatic rings. The molecule has 8 heteroatoms. The smallest absolute Gasteiger partial charge is 0.276 e. The maximum absolute atomic E-state index is 11.8. The number of hydrogen-bond donors (Lipinski definition) is 0. The second-order valence-corrected chi connectivity index (χ2v) is 7.76. The Labute approximate surface area is 218 Å². The molecule has 4 rings (SSSR count). The third-order valence-electron chi connectivity index (χ3n) is 5.21. The molecule has 0 aliphatic heterocycles. The van der Waals surface area contributed by atoms with E-state index in [1.165, 1.54) is 36.4 Å². The van der Waals surface area contributed by atoms with Gasteiger partial charge in [-0.1, -0.05) is 84.9 Å². The fraction of sp³-hybridized carbons (Fsp3) is 0. The topological polar surface area (TPSA) is 120 Å². The Bertz CT molecular complexity index is 1380. The van der Waals surface area contributed by atoms with Gasteiger partial charge in [-0.05, 0) is 36.4 Å². The van der Waals surface area contributed by atoms with E-state index in [4.69, 9.17) is 0 Å². The predicted octanol–water partition coefficient (Wildman–Crippen LogP) is 6.98. The third-order valence-corrected chi connectivity index (χ3v) is 5.21. The zero-order chi connectivity index (χ0) is 27.3. The van der Waals surface area contributed by atoms with Crippen LogP contribution in [0.2, 0.25) is 0 Å². The number of nitrogens with zero attached hydrogens (tertiary/aromatic N) is 2. The van der Waals surface area contributed by atoms with Crippen LogP contribution in [-0.4, -0.2) is 21.4 Å². The normalized spacial score (nSPS) is 10.5. The van der Waals surface area contributed by atoms with E-state index in [9.17, 15) is 29.8 Å². The van der Waals surface area contributed by atoms with Gasteiger partial charge < -0.3 is 0 Å². The number of hydrogen-bond acceptors (Lipinski definition) is 6. The molecule has 4 aromatic carbocycles. The second-order valence-electron chi connectivity index (χ2n) is 7.76. The van der Waals surface area contributed by atoms with Crippen LogP contribution in [0.4, 0.5) is 11.4 Å². The maximum atomic E-state index is 11.8. The van der Waals surface area contributed by atoms with Gasteiger partial charge in [-0.15, -0.1) is 0 Å². The number of nitro groups is 2. The second kappa shape index (κ2) is 13.6. The molecule has 0 heterocycles. The Morgan fingerprint density at radius 1 is 0.500 bits per heavy atom. The minimum absolute atomic E-state index is 0.0142. The SMILES string of the molecule is O=C(C=Cc1ccccc1[N+](=O)[O-])c1ccccc1.O=C(C=Cc1ccccc1[N+](=O)[O-])c1ccccc1. The highest BCUT2D eigenvalue weighted by molar-refractivity contribution is 6.07. The third kappa shape index (κ3) is 7.76. The minimum Gasteiger partial charge on any atom is -0.289 e. The number of carbonyl (C=O) groups excluding carboxylic acids is 2. The lowest BCUT2D eigenvalue weighted by atomic mass is 10.1. The lowest BCUT2D eigenvalue weighted by Crippen LogP contribution is -1.94. The van der Waals surface area contributed by atoms with Gasteiger partial charge in [0.25, 0.3) is 11.4 Å². The van der Waals surface area contributed by atoms with Crippen molar-refractivity contribution in [3.63, 3.8) is 0 Å². The molecule has 0 fully saturated rings. The summed E-state index contributed by atoms with van der Waals surface area (Å²) in [5, 5.41) is 21.6. The summed E-state index contributed by atoms with van der Waals surface area (Å²) < 4.78 is 0. The van der Waals surface area contributed by atoms with E-state index < -0.39 is 9.85 Å². The molecule has 4 aromatic rings. The molecule has 0 aromatic heterocycles. The van der Waals surface area contributed by atoms with Crippen LogP contribution in [0.5, 0.6) is 0 Å². The highest BCUT2D eigenvalue weighted by Crippen LogP contribution is 2.20. The average molecular weight is 507 g/mol. The van der Waals surface area contributed by atoms with Crippen molar-refractivity contribution < 1.29 is 19.4 Å². The summed E-state index contributed by atoms with van der Waals surface area (Å²) in [5.41, 5.74) is 1.91. The van der Waals surface area contributed by atoms with Gasteiger partial charge in [0.05, 0.1) is 21.0 Å². The maximum Gasteiger partial charge on any atom is 0.276 e. The van der Waals surface area contributed by atoms with Crippen molar-refractivity contribution in [2.45, 2.75) is 0 Å². The number of allylic oxidation sites excluding steroid dienone is 2. The van der Waals surface area contributed by atoms with E-state index in [1.54, 1.807) is 84.9 Å². The molecule has 0 aliphatic carbocycles. The van der Waals surface area contributed by atoms with E-state index >= 15 is 0 Å². The Kier molecular flexibility index (Phi) is 9.66. The van der Waals surface area contributed by atoms with E-state index in [0.29, 0.717) is 22.3 Å². The van der Waals surface area contributed by atoms with Crippen LogP contribution in [0.25, 0.3) is 12.2 Å². The zero-order valence-corrected chi connectivity index (χ0v) is 20.0. The molecular formula is C30H22N2O6. The predicted molar refractivity (Wildman–Crippen MR) is 146 cm³/mol. The number of benzene rings is 4. The van der Waals surface area contributed by atoms with Crippen LogP contribution in [0.3, 0.4) is 0 Å². The molecule has 0 bridgehead atoms. The molecule has 0 amide bonds. The Balaban J connectivity index is 0.000000211. The lowest BCUT2D eigenvalue weighted by molar-refractivity contribution is -0.385. The van der Waals surface area contributed by atoms with Crippen molar-refractivity contribution in [1.29, 1.82) is 0 Å². The summed E-state index contributed by atoms with van der Waals surface area (Å²) in [7, 11) is 0. The van der Waals surface area contributed by atoms with Gasteiger partial charge in [-0.3, -0.25) is 29.8 Å². The molecule has 0 radical (unpaired) electrons. The van der Waals surface area contributed by atoms with Crippen molar-refractivity contribution in [3.05, 3.63) is 164 Å². The van der Waals surface area contributed by atoms with Gasteiger partial charge in [0.1, 0.15) is 0 Å². The summed E-state index contributed by atoms with van der Waals surface area (Å²) in [6.07, 6.45) is 5.62. The molecule has 0 unspecified atom stereocenters. The Morgan fingerprint density at radius 2 is 0.816 bits per heavy atom.